The predicted molar refractivity (Wildman–Crippen MR) is 106 cm³/mol. The van der Waals surface area contributed by atoms with E-state index in [0.717, 1.165) is 22.8 Å². The van der Waals surface area contributed by atoms with Crippen molar-refractivity contribution in [2.75, 3.05) is 14.2 Å². The molecule has 3 aromatic rings. The summed E-state index contributed by atoms with van der Waals surface area (Å²) >= 11 is 0. The van der Waals surface area contributed by atoms with Crippen molar-refractivity contribution >= 4 is 17.5 Å². The third kappa shape index (κ3) is 3.25. The second-order valence-electron chi connectivity index (χ2n) is 7.17. The number of halogens is 1. The second-order valence-corrected chi connectivity index (χ2v) is 7.17. The van der Waals surface area contributed by atoms with Crippen LogP contribution in [0, 0.1) is 0 Å². The number of methoxy groups -OCH3 is 1. The van der Waals surface area contributed by atoms with Gasteiger partial charge in [-0.15, -0.1) is 0 Å². The van der Waals surface area contributed by atoms with E-state index >= 15 is 0 Å². The molecule has 4 nitrogen and oxygen atoms in total. The van der Waals surface area contributed by atoms with Crippen LogP contribution in [0.5, 0.6) is 5.75 Å². The lowest BCUT2D eigenvalue weighted by molar-refractivity contribution is -0.401. The van der Waals surface area contributed by atoms with E-state index < -0.39 is 0 Å². The molecule has 0 fully saturated rings. The maximum absolute atomic E-state index is 5.56. The number of nitrogens with one attached hydrogen (secondary N) is 2. The number of benzene rings is 1. The summed E-state index contributed by atoms with van der Waals surface area (Å²) in [6.45, 7) is 4.54. The van der Waals surface area contributed by atoms with Gasteiger partial charge in [0, 0.05) is 30.0 Å². The van der Waals surface area contributed by atoms with Gasteiger partial charge in [0.1, 0.15) is 12.8 Å². The van der Waals surface area contributed by atoms with Gasteiger partial charge >= 0.3 is 0 Å². The van der Waals surface area contributed by atoms with Crippen molar-refractivity contribution in [1.82, 2.24) is 9.97 Å². The van der Waals surface area contributed by atoms with Crippen LogP contribution >= 0.6 is 0 Å². The van der Waals surface area contributed by atoms with E-state index in [2.05, 4.69) is 71.9 Å². The normalized spacial score (nSPS) is 15.1. The molecule has 4 rings (SSSR count). The molecule has 0 amide bonds. The van der Waals surface area contributed by atoms with Crippen molar-refractivity contribution in [3.63, 3.8) is 0 Å². The van der Waals surface area contributed by atoms with Crippen molar-refractivity contribution < 1.29 is 33.3 Å². The average molecular weight is 473 g/mol. The molecule has 1 aliphatic rings. The van der Waals surface area contributed by atoms with Crippen molar-refractivity contribution in [2.45, 2.75) is 19.3 Å². The molecule has 27 heavy (non-hydrogen) atoms. The van der Waals surface area contributed by atoms with Crippen LogP contribution in [-0.2, 0) is 5.41 Å². The lowest BCUT2D eigenvalue weighted by Crippen LogP contribution is -3.00. The molecule has 5 heteroatoms. The van der Waals surface area contributed by atoms with Crippen molar-refractivity contribution in [2.24, 2.45) is 0 Å². The number of hydrogen-bond donors (Lipinski definition) is 2. The van der Waals surface area contributed by atoms with Gasteiger partial charge in [0.25, 0.3) is 0 Å². The number of hydrogen-bond acceptors (Lipinski definition) is 1. The number of ether oxygens (including phenoxy) is 1. The fourth-order valence-corrected chi connectivity index (χ4v) is 3.85. The molecule has 3 heterocycles. The first-order chi connectivity index (χ1) is 12.5. The lowest BCUT2D eigenvalue weighted by Gasteiger charge is -2.15. The Morgan fingerprint density at radius 3 is 2.48 bits per heavy atom. The molecule has 0 spiro atoms. The number of allylic oxidation sites excluding steroid dienone is 1. The van der Waals surface area contributed by atoms with E-state index in [0.29, 0.717) is 0 Å². The molecule has 140 valence electrons. The monoisotopic (exact) mass is 473 g/mol. The van der Waals surface area contributed by atoms with Gasteiger partial charge in [0.2, 0.25) is 5.69 Å². The third-order valence-electron chi connectivity index (χ3n) is 5.27. The first kappa shape index (κ1) is 19.5. The zero-order valence-electron chi connectivity index (χ0n) is 16.0. The van der Waals surface area contributed by atoms with Crippen LogP contribution in [-0.4, -0.2) is 34.4 Å². The van der Waals surface area contributed by atoms with Gasteiger partial charge in [-0.25, -0.2) is 0 Å². The maximum atomic E-state index is 5.56. The number of fused-ring (bicyclic) bond motifs is 1. The summed E-state index contributed by atoms with van der Waals surface area (Å²) in [5.41, 5.74) is 6.86. The fourth-order valence-electron chi connectivity index (χ4n) is 3.85. The Hall–Kier alpha value is -2.28. The van der Waals surface area contributed by atoms with Crippen LogP contribution in [0.3, 0.4) is 0 Å². The van der Waals surface area contributed by atoms with Gasteiger partial charge in [0.05, 0.1) is 29.6 Å². The quantitative estimate of drug-likeness (QED) is 0.440. The molecule has 1 aromatic carbocycles. The average Bonchev–Trinajstić information content (AvgIpc) is 3.33. The molecular formula is C22H24IN3O. The molecule has 0 atom stereocenters. The standard InChI is InChI=1S/C22H23N3O.HI/c1-22(2)15-8-5-6-10-19(15)25(3)21(22)12-11-17-20(26-4)14-18(24-17)16-9-7-13-23-16;/h5-14H,1-4H3,(H,23,24);1H. The van der Waals surface area contributed by atoms with Crippen LogP contribution in [0.15, 0.2) is 54.7 Å². The highest BCUT2D eigenvalue weighted by Crippen LogP contribution is 2.39. The Morgan fingerprint density at radius 2 is 1.81 bits per heavy atom. The zero-order chi connectivity index (χ0) is 18.3. The Kier molecular flexibility index (Phi) is 5.33. The number of rotatable bonds is 4. The van der Waals surface area contributed by atoms with Crippen LogP contribution in [0.1, 0.15) is 25.1 Å². The van der Waals surface area contributed by atoms with Gasteiger partial charge < -0.3 is 38.7 Å². The van der Waals surface area contributed by atoms with Crippen LogP contribution in [0.2, 0.25) is 0 Å². The predicted octanol–water partition coefficient (Wildman–Crippen LogP) is 1.74. The minimum Gasteiger partial charge on any atom is -1.00 e. The number of nitrogens with zero attached hydrogens (tertiary/aromatic N) is 1. The van der Waals surface area contributed by atoms with Gasteiger partial charge in [-0.1, -0.05) is 18.2 Å². The molecule has 1 aliphatic heterocycles. The highest BCUT2D eigenvalue weighted by molar-refractivity contribution is 6.05. The summed E-state index contributed by atoms with van der Waals surface area (Å²) in [7, 11) is 3.83. The van der Waals surface area contributed by atoms with Gasteiger partial charge in [0.15, 0.2) is 5.71 Å². The van der Waals surface area contributed by atoms with Crippen molar-refractivity contribution in [3.8, 4) is 17.1 Å². The molecule has 0 saturated heterocycles. The summed E-state index contributed by atoms with van der Waals surface area (Å²) in [5, 5.41) is 0. The van der Waals surface area contributed by atoms with E-state index in [1.807, 2.05) is 24.4 Å². The minimum absolute atomic E-state index is 0. The second kappa shape index (κ2) is 7.38. The zero-order valence-corrected chi connectivity index (χ0v) is 18.2. The number of para-hydroxylation sites is 1. The number of aromatic amines is 2. The van der Waals surface area contributed by atoms with E-state index in [-0.39, 0.29) is 29.4 Å². The van der Waals surface area contributed by atoms with Crippen molar-refractivity contribution in [3.05, 3.63) is 66.0 Å². The van der Waals surface area contributed by atoms with Crippen LogP contribution in [0.25, 0.3) is 17.5 Å². The Bertz CT molecular complexity index is 1010. The minimum atomic E-state index is -0.0377. The summed E-state index contributed by atoms with van der Waals surface area (Å²) in [6.07, 6.45) is 6.21. The van der Waals surface area contributed by atoms with Gasteiger partial charge in [-0.3, -0.25) is 0 Å². The van der Waals surface area contributed by atoms with E-state index in [1.165, 1.54) is 17.0 Å². The number of H-pyrrole nitrogens is 2. The summed E-state index contributed by atoms with van der Waals surface area (Å²) < 4.78 is 7.83. The highest BCUT2D eigenvalue weighted by Gasteiger charge is 2.42. The summed E-state index contributed by atoms with van der Waals surface area (Å²) in [5.74, 6) is 0.836. The molecule has 0 unspecified atom stereocenters. The molecule has 0 aliphatic carbocycles. The Balaban J connectivity index is 0.00000210. The van der Waals surface area contributed by atoms with E-state index in [1.54, 1.807) is 7.11 Å². The first-order valence-electron chi connectivity index (χ1n) is 8.82. The van der Waals surface area contributed by atoms with E-state index in [9.17, 15) is 0 Å². The lowest BCUT2D eigenvalue weighted by atomic mass is 9.81. The van der Waals surface area contributed by atoms with Crippen molar-refractivity contribution in [1.29, 1.82) is 0 Å². The SMILES string of the molecule is COc1cc(-c2ccc[nH]2)[nH]c1/C=C/C1=[N+](C)c2ccccc2C1(C)C.[I-]. The van der Waals surface area contributed by atoms with Gasteiger partial charge in [-0.05, 0) is 32.1 Å². The summed E-state index contributed by atoms with van der Waals surface area (Å²) in [4.78, 5) is 6.67. The van der Waals surface area contributed by atoms with Gasteiger partial charge in [-0.2, -0.15) is 4.58 Å². The highest BCUT2D eigenvalue weighted by atomic mass is 127. The Labute approximate surface area is 177 Å². The molecule has 2 N–H and O–H groups in total. The largest absolute Gasteiger partial charge is 1.00 e. The van der Waals surface area contributed by atoms with E-state index in [4.69, 9.17) is 4.74 Å². The van der Waals surface area contributed by atoms with Crippen LogP contribution < -0.4 is 28.7 Å². The topological polar surface area (TPSA) is 43.8 Å². The number of aromatic nitrogens is 2. The first-order valence-corrected chi connectivity index (χ1v) is 8.82. The summed E-state index contributed by atoms with van der Waals surface area (Å²) in [6, 6.07) is 14.6. The third-order valence-corrected chi connectivity index (χ3v) is 5.27. The molecule has 2 aromatic heterocycles. The maximum Gasteiger partial charge on any atom is 0.209 e. The molecule has 0 radical (unpaired) electrons. The van der Waals surface area contributed by atoms with Crippen LogP contribution in [0.4, 0.5) is 5.69 Å². The molecular weight excluding hydrogens is 449 g/mol. The Morgan fingerprint density at radius 1 is 1.04 bits per heavy atom. The molecule has 0 bridgehead atoms. The fraction of sp³-hybridized carbons (Fsp3) is 0.227. The smallest absolute Gasteiger partial charge is 0.209 e. The molecule has 0 saturated carbocycles.